The minimum atomic E-state index is 0.932. The number of hydrogen-bond donors (Lipinski definition) is 1. The third-order valence-electron chi connectivity index (χ3n) is 2.07. The predicted molar refractivity (Wildman–Crippen MR) is 55.8 cm³/mol. The lowest BCUT2D eigenvalue weighted by molar-refractivity contribution is 0.346. The maximum atomic E-state index is 4.16. The third kappa shape index (κ3) is 3.03. The fourth-order valence-corrected chi connectivity index (χ4v) is 1.13. The summed E-state index contributed by atoms with van der Waals surface area (Å²) in [5.41, 5.74) is 1.30. The minimum Gasteiger partial charge on any atom is -0.373 e. The number of nitrogens with one attached hydrogen (secondary N) is 1. The van der Waals surface area contributed by atoms with E-state index >= 15 is 0 Å². The molecule has 0 radical (unpaired) electrons. The average Bonchev–Trinajstić information content (AvgIpc) is 2.18. The Bertz CT molecular complexity index is 260. The Labute approximate surface area is 79.8 Å². The first kappa shape index (κ1) is 9.99. The lowest BCUT2D eigenvalue weighted by Gasteiger charge is -2.13. The molecule has 0 atom stereocenters. The van der Waals surface area contributed by atoms with E-state index in [0.29, 0.717) is 0 Å². The molecule has 13 heavy (non-hydrogen) atoms. The number of hydrogen-bond acceptors (Lipinski definition) is 3. The van der Waals surface area contributed by atoms with Crippen LogP contribution in [0.1, 0.15) is 12.5 Å². The van der Waals surface area contributed by atoms with Crippen molar-refractivity contribution in [2.75, 3.05) is 26.0 Å². The Morgan fingerprint density at radius 1 is 1.54 bits per heavy atom. The van der Waals surface area contributed by atoms with Gasteiger partial charge in [0.2, 0.25) is 0 Å². The van der Waals surface area contributed by atoms with Crippen LogP contribution in [-0.2, 0) is 6.54 Å². The maximum absolute atomic E-state index is 4.16. The van der Waals surface area contributed by atoms with Crippen LogP contribution >= 0.6 is 0 Å². The molecule has 1 aromatic heterocycles. The van der Waals surface area contributed by atoms with E-state index in [4.69, 9.17) is 0 Å². The summed E-state index contributed by atoms with van der Waals surface area (Å²) in [5, 5.41) is 3.03. The van der Waals surface area contributed by atoms with E-state index in [1.807, 2.05) is 19.3 Å². The van der Waals surface area contributed by atoms with Gasteiger partial charge in [0.25, 0.3) is 0 Å². The Hall–Kier alpha value is -1.09. The summed E-state index contributed by atoms with van der Waals surface area (Å²) in [7, 11) is 4.00. The number of anilines is 1. The van der Waals surface area contributed by atoms with E-state index < -0.39 is 0 Å². The van der Waals surface area contributed by atoms with E-state index in [-0.39, 0.29) is 0 Å². The smallest absolute Gasteiger partial charge is 0.125 e. The Balaban J connectivity index is 2.66. The van der Waals surface area contributed by atoms with E-state index in [9.17, 15) is 0 Å². The van der Waals surface area contributed by atoms with Crippen LogP contribution in [0.2, 0.25) is 0 Å². The van der Waals surface area contributed by atoms with Gasteiger partial charge in [-0.05, 0) is 31.3 Å². The van der Waals surface area contributed by atoms with Gasteiger partial charge in [0, 0.05) is 19.8 Å². The van der Waals surface area contributed by atoms with Crippen LogP contribution in [0.3, 0.4) is 0 Å². The zero-order chi connectivity index (χ0) is 9.68. The highest BCUT2D eigenvalue weighted by Crippen LogP contribution is 2.07. The summed E-state index contributed by atoms with van der Waals surface area (Å²) in [6.07, 6.45) is 1.84. The summed E-state index contributed by atoms with van der Waals surface area (Å²) < 4.78 is 0. The van der Waals surface area contributed by atoms with Gasteiger partial charge in [-0.1, -0.05) is 6.92 Å². The third-order valence-corrected chi connectivity index (χ3v) is 2.07. The summed E-state index contributed by atoms with van der Waals surface area (Å²) in [5.74, 6) is 0.932. The van der Waals surface area contributed by atoms with Gasteiger partial charge in [0.1, 0.15) is 5.82 Å². The second kappa shape index (κ2) is 4.82. The van der Waals surface area contributed by atoms with Gasteiger partial charge in [0.15, 0.2) is 0 Å². The molecule has 72 valence electrons. The molecule has 1 heterocycles. The standard InChI is InChI=1S/C10H17N3/c1-4-13(3)8-9-5-6-12-10(7-9)11-2/h5-7H,4,8H2,1-3H3,(H,11,12). The molecule has 0 aliphatic heterocycles. The summed E-state index contributed by atoms with van der Waals surface area (Å²) in [4.78, 5) is 6.42. The van der Waals surface area contributed by atoms with Gasteiger partial charge in [-0.15, -0.1) is 0 Å². The molecule has 3 heteroatoms. The fourth-order valence-electron chi connectivity index (χ4n) is 1.13. The van der Waals surface area contributed by atoms with Crippen LogP contribution < -0.4 is 5.32 Å². The van der Waals surface area contributed by atoms with Crippen molar-refractivity contribution in [1.82, 2.24) is 9.88 Å². The minimum absolute atomic E-state index is 0.932. The van der Waals surface area contributed by atoms with Crippen LogP contribution in [0.5, 0.6) is 0 Å². The lowest BCUT2D eigenvalue weighted by Crippen LogP contribution is -2.16. The van der Waals surface area contributed by atoms with Crippen molar-refractivity contribution in [1.29, 1.82) is 0 Å². The molecule has 0 bridgehead atoms. The fraction of sp³-hybridized carbons (Fsp3) is 0.500. The van der Waals surface area contributed by atoms with Gasteiger partial charge < -0.3 is 10.2 Å². The van der Waals surface area contributed by atoms with Gasteiger partial charge in [0.05, 0.1) is 0 Å². The molecular weight excluding hydrogens is 162 g/mol. The van der Waals surface area contributed by atoms with Gasteiger partial charge in [-0.25, -0.2) is 4.98 Å². The second-order valence-corrected chi connectivity index (χ2v) is 3.13. The molecule has 0 aliphatic rings. The zero-order valence-corrected chi connectivity index (χ0v) is 8.54. The summed E-state index contributed by atoms with van der Waals surface area (Å²) >= 11 is 0. The molecule has 0 amide bonds. The molecule has 0 spiro atoms. The molecule has 0 saturated heterocycles. The average molecular weight is 179 g/mol. The largest absolute Gasteiger partial charge is 0.373 e. The van der Waals surface area contributed by atoms with Crippen molar-refractivity contribution < 1.29 is 0 Å². The topological polar surface area (TPSA) is 28.2 Å². The highest BCUT2D eigenvalue weighted by Gasteiger charge is 1.98. The van der Waals surface area contributed by atoms with Crippen LogP contribution in [0.25, 0.3) is 0 Å². The molecule has 3 nitrogen and oxygen atoms in total. The second-order valence-electron chi connectivity index (χ2n) is 3.13. The van der Waals surface area contributed by atoms with Crippen LogP contribution in [0.15, 0.2) is 18.3 Å². The SMILES string of the molecule is CCN(C)Cc1ccnc(NC)c1. The van der Waals surface area contributed by atoms with Crippen molar-refractivity contribution >= 4 is 5.82 Å². The Kier molecular flexibility index (Phi) is 3.71. The zero-order valence-electron chi connectivity index (χ0n) is 8.54. The van der Waals surface area contributed by atoms with Crippen LogP contribution in [0.4, 0.5) is 5.82 Å². The quantitative estimate of drug-likeness (QED) is 0.760. The van der Waals surface area contributed by atoms with Gasteiger partial charge in [-0.2, -0.15) is 0 Å². The monoisotopic (exact) mass is 179 g/mol. The molecule has 1 rings (SSSR count). The highest BCUT2D eigenvalue weighted by atomic mass is 15.1. The van der Waals surface area contributed by atoms with E-state index in [1.54, 1.807) is 0 Å². The first-order valence-corrected chi connectivity index (χ1v) is 4.57. The molecule has 0 fully saturated rings. The van der Waals surface area contributed by atoms with Crippen molar-refractivity contribution in [2.45, 2.75) is 13.5 Å². The molecule has 0 aromatic carbocycles. The predicted octanol–water partition coefficient (Wildman–Crippen LogP) is 1.57. The summed E-state index contributed by atoms with van der Waals surface area (Å²) in [6.45, 7) is 4.20. The van der Waals surface area contributed by atoms with Crippen molar-refractivity contribution in [2.24, 2.45) is 0 Å². The number of pyridine rings is 1. The Morgan fingerprint density at radius 3 is 2.92 bits per heavy atom. The molecule has 0 saturated carbocycles. The molecule has 1 N–H and O–H groups in total. The molecule has 1 aromatic rings. The normalized spacial score (nSPS) is 10.5. The van der Waals surface area contributed by atoms with Gasteiger partial charge >= 0.3 is 0 Å². The number of aromatic nitrogens is 1. The van der Waals surface area contributed by atoms with Crippen LogP contribution in [-0.4, -0.2) is 30.5 Å². The number of nitrogens with zero attached hydrogens (tertiary/aromatic N) is 2. The molecule has 0 aliphatic carbocycles. The first-order valence-electron chi connectivity index (χ1n) is 4.57. The van der Waals surface area contributed by atoms with E-state index in [2.05, 4.69) is 35.2 Å². The van der Waals surface area contributed by atoms with Crippen molar-refractivity contribution in [3.63, 3.8) is 0 Å². The summed E-state index contributed by atoms with van der Waals surface area (Å²) in [6, 6.07) is 4.12. The number of rotatable bonds is 4. The van der Waals surface area contributed by atoms with Crippen LogP contribution in [0, 0.1) is 0 Å². The van der Waals surface area contributed by atoms with Gasteiger partial charge in [-0.3, -0.25) is 0 Å². The molecular formula is C10H17N3. The first-order chi connectivity index (χ1) is 6.26. The maximum Gasteiger partial charge on any atom is 0.125 e. The molecule has 0 unspecified atom stereocenters. The van der Waals surface area contributed by atoms with E-state index in [0.717, 1.165) is 18.9 Å². The van der Waals surface area contributed by atoms with Crippen molar-refractivity contribution in [3.8, 4) is 0 Å². The van der Waals surface area contributed by atoms with Crippen molar-refractivity contribution in [3.05, 3.63) is 23.9 Å². The van der Waals surface area contributed by atoms with E-state index in [1.165, 1.54) is 5.56 Å². The Morgan fingerprint density at radius 2 is 2.31 bits per heavy atom. The highest BCUT2D eigenvalue weighted by molar-refractivity contribution is 5.36. The lowest BCUT2D eigenvalue weighted by atomic mass is 10.2.